The molecule has 2 aliphatic rings. The minimum absolute atomic E-state index is 0.171. The highest BCUT2D eigenvalue weighted by molar-refractivity contribution is 6.17. The lowest BCUT2D eigenvalue weighted by Crippen LogP contribution is -2.54. The Hall–Kier alpha value is -3.42. The third-order valence-corrected chi connectivity index (χ3v) is 7.88. The van der Waals surface area contributed by atoms with Crippen LogP contribution in [-0.4, -0.2) is 39.9 Å². The summed E-state index contributed by atoms with van der Waals surface area (Å²) >= 11 is 0. The highest BCUT2D eigenvalue weighted by Crippen LogP contribution is 2.39. The first-order valence-electron chi connectivity index (χ1n) is 14.0. The van der Waals surface area contributed by atoms with Crippen LogP contribution in [0.5, 0.6) is 0 Å². The number of aliphatic imine (C=N–C) groups is 1. The second kappa shape index (κ2) is 12.2. The number of rotatable bonds is 11. The minimum atomic E-state index is -0.983. The van der Waals surface area contributed by atoms with Gasteiger partial charge in [0.25, 0.3) is 0 Å². The van der Waals surface area contributed by atoms with E-state index in [1.54, 1.807) is 30.6 Å². The smallest absolute Gasteiger partial charge is 0.166 e. The third-order valence-electron chi connectivity index (χ3n) is 7.88. The normalized spacial score (nSPS) is 20.5. The summed E-state index contributed by atoms with van der Waals surface area (Å²) in [5, 5.41) is 11.2. The van der Waals surface area contributed by atoms with Gasteiger partial charge in [0, 0.05) is 41.7 Å². The highest BCUT2D eigenvalue weighted by atomic mass is 19.1. The summed E-state index contributed by atoms with van der Waals surface area (Å²) in [4.78, 5) is 25.6. The number of halogens is 1. The maximum absolute atomic E-state index is 15.2. The first kappa shape index (κ1) is 27.2. The molecule has 0 amide bonds. The summed E-state index contributed by atoms with van der Waals surface area (Å²) in [6.07, 6.45) is 7.04. The van der Waals surface area contributed by atoms with Crippen molar-refractivity contribution in [1.82, 2.24) is 4.98 Å². The van der Waals surface area contributed by atoms with Gasteiger partial charge in [-0.2, -0.15) is 0 Å². The fourth-order valence-electron chi connectivity index (χ4n) is 5.53. The number of aromatic nitrogens is 1. The van der Waals surface area contributed by atoms with Crippen LogP contribution < -0.4 is 10.6 Å². The van der Waals surface area contributed by atoms with Crippen LogP contribution in [0.3, 0.4) is 0 Å². The van der Waals surface area contributed by atoms with Crippen LogP contribution in [0.1, 0.15) is 62.1 Å². The molecule has 3 aromatic rings. The summed E-state index contributed by atoms with van der Waals surface area (Å²) in [7, 11) is 0. The summed E-state index contributed by atoms with van der Waals surface area (Å²) < 4.78 is 15.2. The maximum Gasteiger partial charge on any atom is 0.166 e. The van der Waals surface area contributed by atoms with Gasteiger partial charge in [-0.1, -0.05) is 69.0 Å². The number of aliphatic hydroxyl groups excluding tert-OH is 1. The Morgan fingerprint density at radius 3 is 2.54 bits per heavy atom. The van der Waals surface area contributed by atoms with E-state index in [1.807, 2.05) is 41.3 Å². The van der Waals surface area contributed by atoms with Crippen LogP contribution in [0, 0.1) is 17.7 Å². The van der Waals surface area contributed by atoms with Crippen molar-refractivity contribution < 1.29 is 14.3 Å². The molecule has 4 atom stereocenters. The molecule has 1 fully saturated rings. The predicted molar refractivity (Wildman–Crippen MR) is 152 cm³/mol. The van der Waals surface area contributed by atoms with E-state index in [1.165, 1.54) is 6.07 Å². The van der Waals surface area contributed by atoms with Crippen molar-refractivity contribution in [2.75, 3.05) is 4.90 Å². The number of nitrogens with zero attached hydrogens (tertiary/aromatic N) is 3. The number of ketones is 1. The molecule has 7 heteroatoms. The van der Waals surface area contributed by atoms with E-state index >= 15 is 4.39 Å². The van der Waals surface area contributed by atoms with Gasteiger partial charge in [0.05, 0.1) is 11.8 Å². The van der Waals surface area contributed by atoms with Gasteiger partial charge in [0.2, 0.25) is 0 Å². The van der Waals surface area contributed by atoms with Crippen molar-refractivity contribution in [3.63, 3.8) is 0 Å². The van der Waals surface area contributed by atoms with E-state index in [0.717, 1.165) is 36.9 Å². The number of aliphatic hydroxyl groups is 1. The number of pyridine rings is 1. The zero-order valence-electron chi connectivity index (χ0n) is 22.4. The molecule has 5 rings (SSSR count). The number of nitrogens with two attached hydrogens (primary N) is 1. The van der Waals surface area contributed by atoms with Gasteiger partial charge in [0.1, 0.15) is 18.0 Å². The Labute approximate surface area is 229 Å². The van der Waals surface area contributed by atoms with E-state index in [0.29, 0.717) is 42.1 Å². The second-order valence-electron chi connectivity index (χ2n) is 10.8. The Balaban J connectivity index is 1.62. The van der Waals surface area contributed by atoms with Gasteiger partial charge < -0.3 is 15.7 Å². The van der Waals surface area contributed by atoms with E-state index in [4.69, 9.17) is 10.7 Å². The number of benzene rings is 2. The molecule has 2 heterocycles. The first-order valence-corrected chi connectivity index (χ1v) is 14.0. The van der Waals surface area contributed by atoms with Crippen molar-refractivity contribution in [1.29, 1.82) is 0 Å². The van der Waals surface area contributed by atoms with Gasteiger partial charge in [-0.25, -0.2) is 4.39 Å². The zero-order valence-corrected chi connectivity index (χ0v) is 22.4. The Kier molecular flexibility index (Phi) is 8.48. The Morgan fingerprint density at radius 1 is 1.10 bits per heavy atom. The molecular weight excluding hydrogens is 491 g/mol. The van der Waals surface area contributed by atoms with Gasteiger partial charge >= 0.3 is 0 Å². The van der Waals surface area contributed by atoms with E-state index < -0.39 is 30.0 Å². The van der Waals surface area contributed by atoms with Crippen LogP contribution >= 0.6 is 0 Å². The number of anilines is 1. The molecule has 1 aliphatic carbocycles. The molecule has 39 heavy (non-hydrogen) atoms. The monoisotopic (exact) mass is 528 g/mol. The third kappa shape index (κ3) is 6.10. The number of Topliss-reactive ketones (excluding diaryl/α,β-unsaturated/α-hetero) is 1. The number of unbranched alkanes of at least 4 members (excludes halogenated alkanes) is 1. The lowest BCUT2D eigenvalue weighted by atomic mass is 9.84. The SMILES string of the molecule is CCCCC(O)C(CC1CC1)C(=O)C1N=C(c2ccccc2F)c2ccccc2N(Cc2cccnc2)C1N. The molecule has 1 aromatic heterocycles. The Morgan fingerprint density at radius 2 is 1.85 bits per heavy atom. The van der Waals surface area contributed by atoms with Crippen molar-refractivity contribution in [2.24, 2.45) is 22.6 Å². The molecule has 1 aliphatic heterocycles. The maximum atomic E-state index is 15.2. The molecular formula is C32H37FN4O2. The number of hydrogen-bond acceptors (Lipinski definition) is 6. The van der Waals surface area contributed by atoms with E-state index in [2.05, 4.69) is 11.9 Å². The second-order valence-corrected chi connectivity index (χ2v) is 10.8. The number of para-hydroxylation sites is 1. The fourth-order valence-corrected chi connectivity index (χ4v) is 5.53. The molecule has 6 nitrogen and oxygen atoms in total. The number of carbonyl (C=O) groups is 1. The average Bonchev–Trinajstić information content (AvgIpc) is 3.80. The van der Waals surface area contributed by atoms with E-state index in [-0.39, 0.29) is 5.78 Å². The van der Waals surface area contributed by atoms with Gasteiger partial charge in [0.15, 0.2) is 5.78 Å². The molecule has 0 bridgehead atoms. The number of carbonyl (C=O) groups excluding carboxylic acids is 1. The largest absolute Gasteiger partial charge is 0.392 e. The van der Waals surface area contributed by atoms with Gasteiger partial charge in [-0.15, -0.1) is 0 Å². The summed E-state index contributed by atoms with van der Waals surface area (Å²) in [6, 6.07) is 17.0. The topological polar surface area (TPSA) is 91.8 Å². The lowest BCUT2D eigenvalue weighted by molar-refractivity contribution is -0.128. The summed E-state index contributed by atoms with van der Waals surface area (Å²) in [5.74, 6) is -0.706. The van der Waals surface area contributed by atoms with Crippen molar-refractivity contribution in [3.8, 4) is 0 Å². The van der Waals surface area contributed by atoms with Crippen molar-refractivity contribution in [3.05, 3.63) is 95.6 Å². The number of fused-ring (bicyclic) bond motifs is 1. The zero-order chi connectivity index (χ0) is 27.4. The predicted octanol–water partition coefficient (Wildman–Crippen LogP) is 5.27. The molecule has 1 saturated carbocycles. The van der Waals surface area contributed by atoms with Crippen LogP contribution in [0.25, 0.3) is 0 Å². The van der Waals surface area contributed by atoms with Gasteiger partial charge in [-0.3, -0.25) is 14.8 Å². The van der Waals surface area contributed by atoms with Crippen LogP contribution in [0.4, 0.5) is 10.1 Å². The standard InChI is InChI=1S/C32H37FN4O2/c1-2-3-14-28(38)25(18-21-15-16-21)31(39)30-32(34)37(20-22-9-8-17-35-19-22)27-13-7-5-11-24(27)29(36-30)23-10-4-6-12-26(23)33/h4-13,17,19,21,25,28,30,32,38H,2-3,14-16,18,20,34H2,1H3. The number of hydrogen-bond donors (Lipinski definition) is 2. The van der Waals surface area contributed by atoms with Crippen LogP contribution in [0.15, 0.2) is 78.0 Å². The first-order chi connectivity index (χ1) is 19.0. The molecule has 4 unspecified atom stereocenters. The van der Waals surface area contributed by atoms with Gasteiger partial charge in [-0.05, 0) is 48.6 Å². The van der Waals surface area contributed by atoms with Crippen molar-refractivity contribution >= 4 is 17.2 Å². The average molecular weight is 529 g/mol. The Bertz CT molecular complexity index is 1310. The molecule has 3 N–H and O–H groups in total. The highest BCUT2D eigenvalue weighted by Gasteiger charge is 2.42. The minimum Gasteiger partial charge on any atom is -0.392 e. The molecule has 204 valence electrons. The van der Waals surface area contributed by atoms with Crippen LogP contribution in [0.2, 0.25) is 0 Å². The quantitative estimate of drug-likeness (QED) is 0.354. The molecule has 0 saturated heterocycles. The van der Waals surface area contributed by atoms with Crippen molar-refractivity contribution in [2.45, 2.75) is 70.3 Å². The molecule has 0 spiro atoms. The summed E-state index contributed by atoms with van der Waals surface area (Å²) in [6.45, 7) is 2.48. The van der Waals surface area contributed by atoms with Crippen LogP contribution in [-0.2, 0) is 11.3 Å². The molecule has 2 aromatic carbocycles. The lowest BCUT2D eigenvalue weighted by Gasteiger charge is -2.35. The summed E-state index contributed by atoms with van der Waals surface area (Å²) in [5.41, 5.74) is 10.1. The fraction of sp³-hybridized carbons (Fsp3) is 0.406. The molecule has 0 radical (unpaired) electrons. The van der Waals surface area contributed by atoms with E-state index in [9.17, 15) is 9.90 Å². The number of benzodiazepines with no additional fused rings is 1.